The van der Waals surface area contributed by atoms with Gasteiger partial charge in [0.05, 0.1) is 0 Å². The molecule has 0 aromatic carbocycles. The van der Waals surface area contributed by atoms with Crippen LogP contribution in [0.2, 0.25) is 0 Å². The summed E-state index contributed by atoms with van der Waals surface area (Å²) in [6.07, 6.45) is 3.72. The predicted molar refractivity (Wildman–Crippen MR) is 74.8 cm³/mol. The third-order valence-electron chi connectivity index (χ3n) is 2.12. The molecule has 0 spiro atoms. The van der Waals surface area contributed by atoms with Crippen molar-refractivity contribution in [1.82, 2.24) is 9.29 Å². The largest absolute Gasteiger partial charge is 0.262 e. The van der Waals surface area contributed by atoms with E-state index in [0.29, 0.717) is 22.9 Å². The second-order valence-electron chi connectivity index (χ2n) is 3.43. The van der Waals surface area contributed by atoms with Gasteiger partial charge in [-0.15, -0.1) is 0 Å². The number of alkyl halides is 1. The molecule has 0 unspecified atom stereocenters. The van der Waals surface area contributed by atoms with E-state index in [0.717, 1.165) is 6.42 Å². The lowest BCUT2D eigenvalue weighted by Crippen LogP contribution is -2.33. The number of nitrogens with zero attached hydrogens (tertiary/aromatic N) is 2. The molecule has 1 rings (SSSR count). The van der Waals surface area contributed by atoms with Crippen molar-refractivity contribution in [1.29, 1.82) is 0 Å². The van der Waals surface area contributed by atoms with E-state index in [2.05, 4.69) is 36.8 Å². The Morgan fingerprint density at radius 1 is 1.35 bits per heavy atom. The van der Waals surface area contributed by atoms with Gasteiger partial charge in [-0.1, -0.05) is 22.9 Å². The van der Waals surface area contributed by atoms with Crippen molar-refractivity contribution in [3.63, 3.8) is 0 Å². The highest BCUT2D eigenvalue weighted by atomic mass is 79.9. The van der Waals surface area contributed by atoms with Gasteiger partial charge < -0.3 is 0 Å². The number of hydrogen-bond acceptors (Lipinski definition) is 3. The van der Waals surface area contributed by atoms with E-state index in [-0.39, 0.29) is 4.90 Å². The molecule has 0 radical (unpaired) electrons. The maximum Gasteiger partial charge on any atom is 0.244 e. The monoisotopic (exact) mass is 384 g/mol. The van der Waals surface area contributed by atoms with Crippen LogP contribution in [0.25, 0.3) is 0 Å². The maximum atomic E-state index is 12.3. The molecule has 4 nitrogen and oxygen atoms in total. The molecule has 0 atom stereocenters. The first-order chi connectivity index (χ1) is 8.02. The van der Waals surface area contributed by atoms with Crippen LogP contribution in [0.3, 0.4) is 0 Å². The Labute approximate surface area is 119 Å². The van der Waals surface area contributed by atoms with Crippen LogP contribution in [-0.4, -0.2) is 36.1 Å². The Bertz CT molecular complexity index is 459. The summed E-state index contributed by atoms with van der Waals surface area (Å²) in [5.74, 6) is 0. The molecule has 0 saturated heterocycles. The van der Waals surface area contributed by atoms with Crippen molar-refractivity contribution in [3.8, 4) is 0 Å². The van der Waals surface area contributed by atoms with E-state index in [1.807, 2.05) is 6.92 Å². The van der Waals surface area contributed by atoms with Crippen molar-refractivity contribution in [3.05, 3.63) is 22.9 Å². The van der Waals surface area contributed by atoms with Crippen molar-refractivity contribution in [2.75, 3.05) is 18.4 Å². The Hall–Kier alpha value is 0.0200. The maximum absolute atomic E-state index is 12.3. The number of aromatic nitrogens is 1. The molecule has 0 aliphatic carbocycles. The molecule has 0 bridgehead atoms. The van der Waals surface area contributed by atoms with Crippen molar-refractivity contribution in [2.24, 2.45) is 0 Å². The van der Waals surface area contributed by atoms with Crippen molar-refractivity contribution in [2.45, 2.75) is 18.2 Å². The van der Waals surface area contributed by atoms with E-state index in [1.165, 1.54) is 10.5 Å². The Morgan fingerprint density at radius 2 is 2.06 bits per heavy atom. The SMILES string of the molecule is CCCN(CCBr)S(=O)(=O)c1cncc(Br)c1. The lowest BCUT2D eigenvalue weighted by atomic mass is 10.5. The molecule has 0 saturated carbocycles. The van der Waals surface area contributed by atoms with Gasteiger partial charge in [0.25, 0.3) is 0 Å². The standard InChI is InChI=1S/C10H14Br2N2O2S/c1-2-4-14(5-3-11)17(15,16)10-6-9(12)7-13-8-10/h6-8H,2-5H2,1H3. The van der Waals surface area contributed by atoms with Gasteiger partial charge in [0.2, 0.25) is 10.0 Å². The summed E-state index contributed by atoms with van der Waals surface area (Å²) in [6, 6.07) is 1.57. The summed E-state index contributed by atoms with van der Waals surface area (Å²) < 4.78 is 26.7. The Balaban J connectivity index is 3.07. The molecule has 1 aromatic heterocycles. The summed E-state index contributed by atoms with van der Waals surface area (Å²) in [5, 5.41) is 0.619. The van der Waals surface area contributed by atoms with Gasteiger partial charge in [0.1, 0.15) is 4.90 Å². The molecule has 1 aromatic rings. The number of rotatable bonds is 6. The molecule has 7 heteroatoms. The van der Waals surface area contributed by atoms with Crippen LogP contribution in [0.5, 0.6) is 0 Å². The summed E-state index contributed by atoms with van der Waals surface area (Å²) in [5.41, 5.74) is 0. The van der Waals surface area contributed by atoms with E-state index in [4.69, 9.17) is 0 Å². The molecule has 0 fully saturated rings. The van der Waals surface area contributed by atoms with Gasteiger partial charge in [-0.05, 0) is 28.4 Å². The van der Waals surface area contributed by atoms with Gasteiger partial charge in [-0.2, -0.15) is 4.31 Å². The number of sulfonamides is 1. The first-order valence-electron chi connectivity index (χ1n) is 5.19. The average molecular weight is 386 g/mol. The molecule has 17 heavy (non-hydrogen) atoms. The van der Waals surface area contributed by atoms with Crippen LogP contribution in [0.15, 0.2) is 27.8 Å². The zero-order chi connectivity index (χ0) is 12.9. The fraction of sp³-hybridized carbons (Fsp3) is 0.500. The molecule has 0 aliphatic rings. The minimum absolute atomic E-state index is 0.223. The van der Waals surface area contributed by atoms with Gasteiger partial charge in [0.15, 0.2) is 0 Å². The topological polar surface area (TPSA) is 50.3 Å². The smallest absolute Gasteiger partial charge is 0.244 e. The minimum Gasteiger partial charge on any atom is -0.262 e. The van der Waals surface area contributed by atoms with Gasteiger partial charge in [-0.3, -0.25) is 4.98 Å². The van der Waals surface area contributed by atoms with E-state index in [9.17, 15) is 8.42 Å². The van der Waals surface area contributed by atoms with Gasteiger partial charge in [-0.25, -0.2) is 8.42 Å². The van der Waals surface area contributed by atoms with Crippen LogP contribution in [0.4, 0.5) is 0 Å². The highest BCUT2D eigenvalue weighted by Crippen LogP contribution is 2.19. The molecular formula is C10H14Br2N2O2S. The molecule has 1 heterocycles. The second kappa shape index (κ2) is 6.82. The van der Waals surface area contributed by atoms with Gasteiger partial charge in [0, 0.05) is 35.3 Å². The molecule has 0 aliphatic heterocycles. The summed E-state index contributed by atoms with van der Waals surface area (Å²) in [7, 11) is -3.44. The fourth-order valence-electron chi connectivity index (χ4n) is 1.38. The zero-order valence-electron chi connectivity index (χ0n) is 9.44. The molecular weight excluding hydrogens is 372 g/mol. The normalized spacial score (nSPS) is 12.0. The van der Waals surface area contributed by atoms with Crippen molar-refractivity contribution < 1.29 is 8.42 Å². The predicted octanol–water partition coefficient (Wildman–Crippen LogP) is 2.64. The first kappa shape index (κ1) is 15.1. The van der Waals surface area contributed by atoms with Crippen LogP contribution < -0.4 is 0 Å². The minimum atomic E-state index is -3.44. The van der Waals surface area contributed by atoms with E-state index in [1.54, 1.807) is 12.3 Å². The van der Waals surface area contributed by atoms with Crippen LogP contribution in [0.1, 0.15) is 13.3 Å². The van der Waals surface area contributed by atoms with Gasteiger partial charge >= 0.3 is 0 Å². The highest BCUT2D eigenvalue weighted by molar-refractivity contribution is 9.10. The number of pyridine rings is 1. The third kappa shape index (κ3) is 4.01. The van der Waals surface area contributed by atoms with Crippen molar-refractivity contribution >= 4 is 41.9 Å². The zero-order valence-corrected chi connectivity index (χ0v) is 13.4. The average Bonchev–Trinajstić information content (AvgIpc) is 2.29. The summed E-state index contributed by atoms with van der Waals surface area (Å²) >= 11 is 6.50. The van der Waals surface area contributed by atoms with Crippen LogP contribution >= 0.6 is 31.9 Å². The lowest BCUT2D eigenvalue weighted by molar-refractivity contribution is 0.430. The number of halogens is 2. The third-order valence-corrected chi connectivity index (χ3v) is 4.78. The second-order valence-corrected chi connectivity index (χ2v) is 7.08. The fourth-order valence-corrected chi connectivity index (χ4v) is 4.08. The Morgan fingerprint density at radius 3 is 2.59 bits per heavy atom. The van der Waals surface area contributed by atoms with Crippen LogP contribution in [0, 0.1) is 0 Å². The lowest BCUT2D eigenvalue weighted by Gasteiger charge is -2.20. The van der Waals surface area contributed by atoms with Crippen LogP contribution in [-0.2, 0) is 10.0 Å². The van der Waals surface area contributed by atoms with E-state index >= 15 is 0 Å². The number of hydrogen-bond donors (Lipinski definition) is 0. The quantitative estimate of drug-likeness (QED) is 0.707. The Kier molecular flexibility index (Phi) is 6.05. The van der Waals surface area contributed by atoms with E-state index < -0.39 is 10.0 Å². The highest BCUT2D eigenvalue weighted by Gasteiger charge is 2.23. The summed E-state index contributed by atoms with van der Waals surface area (Å²) in [6.45, 7) is 2.93. The molecule has 0 amide bonds. The molecule has 0 N–H and O–H groups in total. The molecule has 96 valence electrons. The summed E-state index contributed by atoms with van der Waals surface area (Å²) in [4.78, 5) is 4.11. The first-order valence-corrected chi connectivity index (χ1v) is 8.54.